The van der Waals surface area contributed by atoms with Gasteiger partial charge >= 0.3 is 5.82 Å². The van der Waals surface area contributed by atoms with Gasteiger partial charge in [0.15, 0.2) is 5.52 Å². The van der Waals surface area contributed by atoms with E-state index in [1.807, 2.05) is 13.8 Å². The van der Waals surface area contributed by atoms with Crippen molar-refractivity contribution in [2.45, 2.75) is 32.3 Å². The molecule has 6 heteroatoms. The van der Waals surface area contributed by atoms with Crippen LogP contribution < -0.4 is 15.6 Å². The second kappa shape index (κ2) is 6.01. The summed E-state index contributed by atoms with van der Waals surface area (Å²) in [5, 5.41) is 3.23. The molecule has 1 saturated heterocycles. The highest BCUT2D eigenvalue weighted by Gasteiger charge is 2.22. The topological polar surface area (TPSA) is 60.5 Å². The Labute approximate surface area is 134 Å². The van der Waals surface area contributed by atoms with E-state index in [0.29, 0.717) is 16.8 Å². The molecule has 1 N–H and O–H groups in total. The van der Waals surface area contributed by atoms with Gasteiger partial charge in [0.1, 0.15) is 11.9 Å². The van der Waals surface area contributed by atoms with Gasteiger partial charge in [0.25, 0.3) is 5.56 Å². The molecule has 1 fully saturated rings. The highest BCUT2D eigenvalue weighted by Crippen LogP contribution is 2.33. The molecular weight excluding hydrogens is 292 g/mol. The minimum absolute atomic E-state index is 0.0417. The summed E-state index contributed by atoms with van der Waals surface area (Å²) in [6.07, 6.45) is 0.945. The minimum Gasteiger partial charge on any atom is -0.498 e. The van der Waals surface area contributed by atoms with Gasteiger partial charge in [-0.1, -0.05) is 20.4 Å². The van der Waals surface area contributed by atoms with E-state index in [4.69, 9.17) is 11.3 Å². The molecule has 2 aromatic rings. The van der Waals surface area contributed by atoms with Crippen molar-refractivity contribution in [3.05, 3.63) is 39.5 Å². The third-order valence-corrected chi connectivity index (χ3v) is 4.23. The summed E-state index contributed by atoms with van der Waals surface area (Å²) in [6, 6.07) is 3.39. The summed E-state index contributed by atoms with van der Waals surface area (Å²) in [6.45, 7) is 13.1. The molecule has 2 aromatic heterocycles. The van der Waals surface area contributed by atoms with Gasteiger partial charge in [0, 0.05) is 25.2 Å². The minimum atomic E-state index is -0.0768. The smallest absolute Gasteiger partial charge is 0.312 e. The summed E-state index contributed by atoms with van der Waals surface area (Å²) in [5.74, 6) is 0.866. The molecule has 0 amide bonds. The normalized spacial score (nSPS) is 17.6. The van der Waals surface area contributed by atoms with E-state index in [-0.39, 0.29) is 23.4 Å². The molecule has 0 saturated carbocycles. The van der Waals surface area contributed by atoms with Crippen molar-refractivity contribution in [3.63, 3.8) is 0 Å². The SMILES string of the molecule is [C-]#[N+]c1nc2c(C(C)C)cc(=O)n(C)c2cc1OC1CCNC1. The predicted octanol–water partition coefficient (Wildman–Crippen LogP) is 2.35. The Balaban J connectivity index is 2.21. The average Bonchev–Trinajstić information content (AvgIpc) is 3.03. The van der Waals surface area contributed by atoms with Gasteiger partial charge in [-0.05, 0) is 24.9 Å². The second-order valence-corrected chi connectivity index (χ2v) is 6.17. The summed E-state index contributed by atoms with van der Waals surface area (Å²) < 4.78 is 7.50. The Morgan fingerprint density at radius 3 is 2.87 bits per heavy atom. The summed E-state index contributed by atoms with van der Waals surface area (Å²) in [4.78, 5) is 20.2. The van der Waals surface area contributed by atoms with Gasteiger partial charge < -0.3 is 19.5 Å². The number of aromatic nitrogens is 2. The van der Waals surface area contributed by atoms with Crippen molar-refractivity contribution in [1.82, 2.24) is 14.9 Å². The molecule has 1 unspecified atom stereocenters. The molecule has 3 rings (SSSR count). The van der Waals surface area contributed by atoms with E-state index in [1.54, 1.807) is 23.7 Å². The van der Waals surface area contributed by atoms with Crippen molar-refractivity contribution in [2.75, 3.05) is 13.1 Å². The number of rotatable bonds is 3. The quantitative estimate of drug-likeness (QED) is 0.884. The fraction of sp³-hybridized carbons (Fsp3) is 0.471. The largest absolute Gasteiger partial charge is 0.498 e. The van der Waals surface area contributed by atoms with Crippen molar-refractivity contribution < 1.29 is 4.74 Å². The van der Waals surface area contributed by atoms with Crippen LogP contribution in [0.5, 0.6) is 5.75 Å². The zero-order valence-electron chi connectivity index (χ0n) is 13.6. The van der Waals surface area contributed by atoms with Gasteiger partial charge in [0.05, 0.1) is 5.52 Å². The molecule has 1 aliphatic rings. The molecule has 0 aliphatic carbocycles. The molecule has 23 heavy (non-hydrogen) atoms. The summed E-state index contributed by atoms with van der Waals surface area (Å²) in [7, 11) is 1.72. The predicted molar refractivity (Wildman–Crippen MR) is 89.2 cm³/mol. The Morgan fingerprint density at radius 2 is 2.26 bits per heavy atom. The molecule has 120 valence electrons. The van der Waals surface area contributed by atoms with Crippen LogP contribution in [0.3, 0.4) is 0 Å². The van der Waals surface area contributed by atoms with Gasteiger partial charge in [-0.3, -0.25) is 4.79 Å². The number of hydrogen-bond donors (Lipinski definition) is 1. The third kappa shape index (κ3) is 2.80. The highest BCUT2D eigenvalue weighted by molar-refractivity contribution is 5.83. The number of fused-ring (bicyclic) bond motifs is 1. The fourth-order valence-corrected chi connectivity index (χ4v) is 2.88. The molecular formula is C17H20N4O2. The molecule has 0 radical (unpaired) electrons. The van der Waals surface area contributed by atoms with Gasteiger partial charge in [-0.15, -0.1) is 4.98 Å². The lowest BCUT2D eigenvalue weighted by Crippen LogP contribution is -2.21. The van der Waals surface area contributed by atoms with Crippen molar-refractivity contribution in [3.8, 4) is 5.75 Å². The Morgan fingerprint density at radius 1 is 1.48 bits per heavy atom. The van der Waals surface area contributed by atoms with Gasteiger partial charge in [0.2, 0.25) is 0 Å². The van der Waals surface area contributed by atoms with Crippen LogP contribution in [0.15, 0.2) is 16.9 Å². The second-order valence-electron chi connectivity index (χ2n) is 6.17. The zero-order chi connectivity index (χ0) is 16.6. The number of nitrogens with zero attached hydrogens (tertiary/aromatic N) is 3. The van der Waals surface area contributed by atoms with Gasteiger partial charge in [-0.2, -0.15) is 0 Å². The zero-order valence-corrected chi connectivity index (χ0v) is 13.6. The van der Waals surface area contributed by atoms with Gasteiger partial charge in [-0.25, -0.2) is 0 Å². The van der Waals surface area contributed by atoms with Crippen LogP contribution in [0.1, 0.15) is 31.7 Å². The van der Waals surface area contributed by atoms with E-state index in [0.717, 1.165) is 25.1 Å². The standard InChI is InChI=1S/C17H20N4O2/c1-10(2)12-7-15(22)21(4)13-8-14(17(18-3)20-16(12)13)23-11-5-6-19-9-11/h7-8,10-11,19H,5-6,9H2,1-2,4H3. The lowest BCUT2D eigenvalue weighted by atomic mass is 10.0. The molecule has 1 aliphatic heterocycles. The fourth-order valence-electron chi connectivity index (χ4n) is 2.88. The molecule has 1 atom stereocenters. The number of pyridine rings is 2. The van der Waals surface area contributed by atoms with E-state index in [1.165, 1.54) is 0 Å². The summed E-state index contributed by atoms with van der Waals surface area (Å²) in [5.41, 5.74) is 2.19. The first-order valence-electron chi connectivity index (χ1n) is 7.80. The number of aryl methyl sites for hydroxylation is 1. The Kier molecular flexibility index (Phi) is 4.05. The highest BCUT2D eigenvalue weighted by atomic mass is 16.5. The van der Waals surface area contributed by atoms with E-state index in [2.05, 4.69) is 15.1 Å². The van der Waals surface area contributed by atoms with Crippen LogP contribution in [0.4, 0.5) is 5.82 Å². The molecule has 6 nitrogen and oxygen atoms in total. The Bertz CT molecular complexity index is 842. The maximum absolute atomic E-state index is 12.2. The molecule has 0 bridgehead atoms. The van der Waals surface area contributed by atoms with Crippen molar-refractivity contribution >= 4 is 16.9 Å². The number of nitrogens with one attached hydrogen (secondary N) is 1. The maximum atomic E-state index is 12.2. The lowest BCUT2D eigenvalue weighted by Gasteiger charge is -2.16. The maximum Gasteiger partial charge on any atom is 0.312 e. The molecule has 0 aromatic carbocycles. The van der Waals surface area contributed by atoms with Crippen LogP contribution in [-0.2, 0) is 7.05 Å². The van der Waals surface area contributed by atoms with E-state index >= 15 is 0 Å². The van der Waals surface area contributed by atoms with Crippen LogP contribution in [0.25, 0.3) is 15.9 Å². The van der Waals surface area contributed by atoms with Crippen LogP contribution in [0, 0.1) is 6.57 Å². The monoisotopic (exact) mass is 312 g/mol. The average molecular weight is 312 g/mol. The first-order chi connectivity index (χ1) is 11.0. The van der Waals surface area contributed by atoms with E-state index < -0.39 is 0 Å². The summed E-state index contributed by atoms with van der Waals surface area (Å²) >= 11 is 0. The number of hydrogen-bond acceptors (Lipinski definition) is 4. The van der Waals surface area contributed by atoms with Crippen LogP contribution in [-0.4, -0.2) is 28.7 Å². The molecule has 0 spiro atoms. The van der Waals surface area contributed by atoms with Crippen molar-refractivity contribution in [1.29, 1.82) is 0 Å². The van der Waals surface area contributed by atoms with E-state index in [9.17, 15) is 4.79 Å². The lowest BCUT2D eigenvalue weighted by molar-refractivity contribution is 0.224. The van der Waals surface area contributed by atoms with Crippen LogP contribution in [0.2, 0.25) is 0 Å². The number of ether oxygens (including phenoxy) is 1. The Hall–Kier alpha value is -2.39. The van der Waals surface area contributed by atoms with Crippen molar-refractivity contribution in [2.24, 2.45) is 7.05 Å². The first kappa shape index (κ1) is 15.5. The van der Waals surface area contributed by atoms with Crippen LogP contribution >= 0.6 is 0 Å². The third-order valence-electron chi connectivity index (χ3n) is 4.23. The first-order valence-corrected chi connectivity index (χ1v) is 7.80. The molecule has 3 heterocycles.